The minimum atomic E-state index is -0.176. The van der Waals surface area contributed by atoms with Gasteiger partial charge in [0.15, 0.2) is 0 Å². The highest BCUT2D eigenvalue weighted by Gasteiger charge is 2.22. The highest BCUT2D eigenvalue weighted by atomic mass is 19.1. The van der Waals surface area contributed by atoms with Crippen molar-refractivity contribution in [2.24, 2.45) is 0 Å². The largest absolute Gasteiger partial charge is 0.298 e. The van der Waals surface area contributed by atoms with Crippen molar-refractivity contribution in [2.75, 3.05) is 13.1 Å². The van der Waals surface area contributed by atoms with Crippen molar-refractivity contribution in [3.63, 3.8) is 0 Å². The zero-order valence-corrected chi connectivity index (χ0v) is 11.4. The van der Waals surface area contributed by atoms with Crippen molar-refractivity contribution in [3.8, 4) is 0 Å². The predicted octanol–water partition coefficient (Wildman–Crippen LogP) is 3.00. The molecule has 0 aliphatic carbocycles. The molecule has 1 aromatic heterocycles. The molecule has 0 amide bonds. The maximum Gasteiger partial charge on any atom is 0.123 e. The Morgan fingerprint density at radius 2 is 2.05 bits per heavy atom. The van der Waals surface area contributed by atoms with Gasteiger partial charge in [-0.15, -0.1) is 0 Å². The van der Waals surface area contributed by atoms with E-state index >= 15 is 0 Å². The molecule has 1 aliphatic heterocycles. The van der Waals surface area contributed by atoms with Gasteiger partial charge in [0, 0.05) is 37.6 Å². The van der Waals surface area contributed by atoms with Crippen LogP contribution in [0, 0.1) is 5.82 Å². The number of likely N-dealkylation sites (tertiary alicyclic amines) is 1. The van der Waals surface area contributed by atoms with E-state index in [1.807, 2.05) is 18.3 Å². The third-order valence-corrected chi connectivity index (χ3v) is 3.83. The number of aromatic nitrogens is 2. The maximum absolute atomic E-state index is 12.9. The van der Waals surface area contributed by atoms with E-state index in [-0.39, 0.29) is 5.82 Å². The Kier molecular flexibility index (Phi) is 4.02. The fourth-order valence-electron chi connectivity index (χ4n) is 2.81. The Morgan fingerprint density at radius 3 is 2.80 bits per heavy atom. The van der Waals surface area contributed by atoms with Gasteiger partial charge in [-0.1, -0.05) is 12.1 Å². The van der Waals surface area contributed by atoms with E-state index in [0.717, 1.165) is 30.9 Å². The molecule has 1 atom stereocenters. The Balaban J connectivity index is 1.65. The van der Waals surface area contributed by atoms with Gasteiger partial charge in [0.25, 0.3) is 0 Å². The standard InChI is InChI=1S/C16H18FN3/c17-15-5-3-13(4-6-15)11-20-9-1-2-14(12-20)16-10-18-7-8-19-16/h3-8,10,14H,1-2,9,11-12H2/t14-/m1/s1. The molecule has 104 valence electrons. The molecular weight excluding hydrogens is 253 g/mol. The molecule has 1 aliphatic rings. The van der Waals surface area contributed by atoms with Gasteiger partial charge in [-0.05, 0) is 37.1 Å². The van der Waals surface area contributed by atoms with Crippen molar-refractivity contribution < 1.29 is 4.39 Å². The molecule has 20 heavy (non-hydrogen) atoms. The average molecular weight is 271 g/mol. The molecule has 0 spiro atoms. The molecule has 2 heterocycles. The quantitative estimate of drug-likeness (QED) is 0.859. The van der Waals surface area contributed by atoms with Gasteiger partial charge in [-0.25, -0.2) is 4.39 Å². The zero-order valence-electron chi connectivity index (χ0n) is 11.4. The number of hydrogen-bond donors (Lipinski definition) is 0. The van der Waals surface area contributed by atoms with Crippen molar-refractivity contribution in [2.45, 2.75) is 25.3 Å². The second kappa shape index (κ2) is 6.09. The van der Waals surface area contributed by atoms with E-state index < -0.39 is 0 Å². The third-order valence-electron chi connectivity index (χ3n) is 3.83. The van der Waals surface area contributed by atoms with Crippen LogP contribution in [0.3, 0.4) is 0 Å². The number of hydrogen-bond acceptors (Lipinski definition) is 3. The van der Waals surface area contributed by atoms with Crippen molar-refractivity contribution in [1.29, 1.82) is 0 Å². The van der Waals surface area contributed by atoms with Crippen LogP contribution in [0.1, 0.15) is 30.0 Å². The van der Waals surface area contributed by atoms with Gasteiger partial charge in [-0.3, -0.25) is 14.9 Å². The number of rotatable bonds is 3. The van der Waals surface area contributed by atoms with Crippen LogP contribution >= 0.6 is 0 Å². The zero-order chi connectivity index (χ0) is 13.8. The molecule has 4 heteroatoms. The topological polar surface area (TPSA) is 29.0 Å². The molecule has 2 aromatic rings. The molecule has 3 rings (SSSR count). The lowest BCUT2D eigenvalue weighted by molar-refractivity contribution is 0.198. The maximum atomic E-state index is 12.9. The van der Waals surface area contributed by atoms with E-state index in [2.05, 4.69) is 14.9 Å². The highest BCUT2D eigenvalue weighted by Crippen LogP contribution is 2.25. The molecule has 3 nitrogen and oxygen atoms in total. The lowest BCUT2D eigenvalue weighted by atomic mass is 9.94. The summed E-state index contributed by atoms with van der Waals surface area (Å²) in [4.78, 5) is 11.0. The highest BCUT2D eigenvalue weighted by molar-refractivity contribution is 5.16. The van der Waals surface area contributed by atoms with E-state index in [4.69, 9.17) is 0 Å². The van der Waals surface area contributed by atoms with Crippen LogP contribution in [-0.2, 0) is 6.54 Å². The summed E-state index contributed by atoms with van der Waals surface area (Å²) in [6.45, 7) is 2.96. The summed E-state index contributed by atoms with van der Waals surface area (Å²) in [7, 11) is 0. The molecule has 1 fully saturated rings. The van der Waals surface area contributed by atoms with Crippen LogP contribution in [0.25, 0.3) is 0 Å². The molecule has 0 N–H and O–H groups in total. The second-order valence-corrected chi connectivity index (χ2v) is 5.33. The number of benzene rings is 1. The van der Waals surface area contributed by atoms with Gasteiger partial charge in [0.05, 0.1) is 5.69 Å². The first kappa shape index (κ1) is 13.2. The summed E-state index contributed by atoms with van der Waals surface area (Å²) in [5.74, 6) is 0.280. The average Bonchev–Trinajstić information content (AvgIpc) is 2.51. The van der Waals surface area contributed by atoms with Crippen LogP contribution in [0.15, 0.2) is 42.9 Å². The summed E-state index contributed by atoms with van der Waals surface area (Å²) in [5.41, 5.74) is 2.24. The Bertz CT molecular complexity index is 541. The molecule has 1 saturated heterocycles. The van der Waals surface area contributed by atoms with Crippen LogP contribution < -0.4 is 0 Å². The minimum Gasteiger partial charge on any atom is -0.298 e. The van der Waals surface area contributed by atoms with Gasteiger partial charge in [0.1, 0.15) is 5.82 Å². The van der Waals surface area contributed by atoms with Gasteiger partial charge >= 0.3 is 0 Å². The van der Waals surface area contributed by atoms with Gasteiger partial charge < -0.3 is 0 Å². The first-order valence-electron chi connectivity index (χ1n) is 7.04. The van der Waals surface area contributed by atoms with E-state index in [9.17, 15) is 4.39 Å². The van der Waals surface area contributed by atoms with Gasteiger partial charge in [0.2, 0.25) is 0 Å². The van der Waals surface area contributed by atoms with E-state index in [0.29, 0.717) is 5.92 Å². The van der Waals surface area contributed by atoms with Crippen molar-refractivity contribution >= 4 is 0 Å². The van der Waals surface area contributed by atoms with Gasteiger partial charge in [-0.2, -0.15) is 0 Å². The minimum absolute atomic E-state index is 0.176. The predicted molar refractivity (Wildman–Crippen MR) is 75.7 cm³/mol. The molecule has 0 unspecified atom stereocenters. The first-order valence-corrected chi connectivity index (χ1v) is 7.04. The SMILES string of the molecule is Fc1ccc(CN2CCC[C@@H](c3cnccn3)C2)cc1. The number of nitrogens with zero attached hydrogens (tertiary/aromatic N) is 3. The molecule has 1 aromatic carbocycles. The van der Waals surface area contributed by atoms with Crippen LogP contribution in [0.4, 0.5) is 4.39 Å². The normalized spacial score (nSPS) is 19.9. The third kappa shape index (κ3) is 3.20. The number of halogens is 1. The summed E-state index contributed by atoms with van der Waals surface area (Å²) in [6, 6.07) is 6.78. The fourth-order valence-corrected chi connectivity index (χ4v) is 2.81. The summed E-state index contributed by atoms with van der Waals surface area (Å²) < 4.78 is 12.9. The molecular formula is C16H18FN3. The summed E-state index contributed by atoms with van der Waals surface area (Å²) in [5, 5.41) is 0. The van der Waals surface area contributed by atoms with Crippen molar-refractivity contribution in [1.82, 2.24) is 14.9 Å². The van der Waals surface area contributed by atoms with E-state index in [1.165, 1.54) is 25.0 Å². The smallest absolute Gasteiger partial charge is 0.123 e. The Hall–Kier alpha value is -1.81. The lowest BCUT2D eigenvalue weighted by Gasteiger charge is -2.32. The second-order valence-electron chi connectivity index (χ2n) is 5.33. The Morgan fingerprint density at radius 1 is 1.20 bits per heavy atom. The number of piperidine rings is 1. The Labute approximate surface area is 118 Å². The molecule has 0 bridgehead atoms. The van der Waals surface area contributed by atoms with Crippen LogP contribution in [0.5, 0.6) is 0 Å². The molecule has 0 saturated carbocycles. The summed E-state index contributed by atoms with van der Waals surface area (Å²) in [6.07, 6.45) is 7.67. The van der Waals surface area contributed by atoms with E-state index in [1.54, 1.807) is 12.4 Å². The summed E-state index contributed by atoms with van der Waals surface area (Å²) >= 11 is 0. The fraction of sp³-hybridized carbons (Fsp3) is 0.375. The van der Waals surface area contributed by atoms with Crippen LogP contribution in [0.2, 0.25) is 0 Å². The first-order chi connectivity index (χ1) is 9.81. The van der Waals surface area contributed by atoms with Crippen LogP contribution in [-0.4, -0.2) is 28.0 Å². The monoisotopic (exact) mass is 271 g/mol. The van der Waals surface area contributed by atoms with Crippen molar-refractivity contribution in [3.05, 3.63) is 59.9 Å². The lowest BCUT2D eigenvalue weighted by Crippen LogP contribution is -2.34. The molecule has 0 radical (unpaired) electrons.